The molecule has 0 aromatic heterocycles. The van der Waals surface area contributed by atoms with Gasteiger partial charge in [-0.25, -0.2) is 0 Å². The summed E-state index contributed by atoms with van der Waals surface area (Å²) in [6.45, 7) is 13.8. The smallest absolute Gasteiger partial charge is 0.302 e. The molecule has 4 rings (SSSR count). The molecule has 6 atom stereocenters. The SMILES string of the molecule is C=C1CC[C@@H](OC(C)=O)[C@@]2(C)CC(=O)[C@@]34O[C@]3(C(C)C)CC[C@]4(C)C[C@]12O. The van der Waals surface area contributed by atoms with Crippen molar-refractivity contribution in [1.82, 2.24) is 0 Å². The number of carbonyl (C=O) groups excluding carboxylic acids is 2. The van der Waals surface area contributed by atoms with Crippen molar-refractivity contribution < 1.29 is 24.2 Å². The summed E-state index contributed by atoms with van der Waals surface area (Å²) in [5.41, 5.74) is -3.08. The lowest BCUT2D eigenvalue weighted by molar-refractivity contribution is -0.181. The van der Waals surface area contributed by atoms with Crippen molar-refractivity contribution in [2.45, 2.75) is 96.1 Å². The van der Waals surface area contributed by atoms with Gasteiger partial charge in [0.2, 0.25) is 0 Å². The average Bonchev–Trinajstić information content (AvgIpc) is 3.21. The first-order valence-corrected chi connectivity index (χ1v) is 10.2. The minimum atomic E-state index is -1.25. The fourth-order valence-electron chi connectivity index (χ4n) is 6.90. The first kappa shape index (κ1) is 19.1. The van der Waals surface area contributed by atoms with Crippen LogP contribution in [0, 0.1) is 16.7 Å². The average molecular weight is 376 g/mol. The van der Waals surface area contributed by atoms with Gasteiger partial charge in [-0.15, -0.1) is 0 Å². The molecule has 0 aromatic rings. The molecule has 1 spiro atoms. The summed E-state index contributed by atoms with van der Waals surface area (Å²) in [6, 6.07) is 0. The van der Waals surface area contributed by atoms with Crippen LogP contribution < -0.4 is 0 Å². The Bertz CT molecular complexity index is 743. The van der Waals surface area contributed by atoms with Crippen molar-refractivity contribution in [2.75, 3.05) is 0 Å². The Kier molecular flexibility index (Phi) is 3.71. The van der Waals surface area contributed by atoms with E-state index in [9.17, 15) is 14.7 Å². The number of fused-ring (bicyclic) bond motifs is 1. The molecule has 4 fully saturated rings. The van der Waals surface area contributed by atoms with E-state index < -0.39 is 33.7 Å². The highest BCUT2D eigenvalue weighted by atomic mass is 16.6. The van der Waals surface area contributed by atoms with E-state index in [-0.39, 0.29) is 24.1 Å². The fourth-order valence-corrected chi connectivity index (χ4v) is 6.90. The van der Waals surface area contributed by atoms with Crippen LogP contribution in [0.1, 0.15) is 73.1 Å². The molecule has 3 saturated carbocycles. The predicted molar refractivity (Wildman–Crippen MR) is 100.0 cm³/mol. The highest BCUT2D eigenvalue weighted by molar-refractivity contribution is 5.95. The predicted octanol–water partition coefficient (Wildman–Crippen LogP) is 3.33. The number of hydrogen-bond acceptors (Lipinski definition) is 5. The molecule has 1 saturated heterocycles. The summed E-state index contributed by atoms with van der Waals surface area (Å²) in [5.74, 6) is -0.0867. The van der Waals surface area contributed by atoms with E-state index in [1.807, 2.05) is 6.92 Å². The Morgan fingerprint density at radius 3 is 2.56 bits per heavy atom. The van der Waals surface area contributed by atoms with Gasteiger partial charge in [0.1, 0.15) is 11.7 Å². The normalized spacial score (nSPS) is 51.3. The molecular formula is C22H32O5. The maximum atomic E-state index is 13.7. The summed E-state index contributed by atoms with van der Waals surface area (Å²) in [7, 11) is 0. The summed E-state index contributed by atoms with van der Waals surface area (Å²) >= 11 is 0. The second kappa shape index (κ2) is 5.24. The molecule has 1 aliphatic heterocycles. The molecule has 150 valence electrons. The molecule has 0 bridgehead atoms. The van der Waals surface area contributed by atoms with Gasteiger partial charge in [-0.3, -0.25) is 9.59 Å². The Hall–Kier alpha value is -1.20. The van der Waals surface area contributed by atoms with Gasteiger partial charge in [-0.1, -0.05) is 34.3 Å². The fraction of sp³-hybridized carbons (Fsp3) is 0.818. The third-order valence-corrected chi connectivity index (χ3v) is 8.54. The molecule has 0 aromatic carbocycles. The largest absolute Gasteiger partial charge is 0.462 e. The maximum absolute atomic E-state index is 13.7. The van der Waals surface area contributed by atoms with Gasteiger partial charge in [0.15, 0.2) is 11.4 Å². The third-order valence-electron chi connectivity index (χ3n) is 8.54. The molecule has 5 nitrogen and oxygen atoms in total. The van der Waals surface area contributed by atoms with Crippen molar-refractivity contribution in [2.24, 2.45) is 16.7 Å². The van der Waals surface area contributed by atoms with Crippen molar-refractivity contribution in [3.63, 3.8) is 0 Å². The number of hydrogen-bond donors (Lipinski definition) is 1. The number of aliphatic hydroxyl groups is 1. The first-order chi connectivity index (χ1) is 12.4. The Labute approximate surface area is 161 Å². The summed E-state index contributed by atoms with van der Waals surface area (Å²) < 4.78 is 12.0. The van der Waals surface area contributed by atoms with Gasteiger partial charge < -0.3 is 14.6 Å². The summed E-state index contributed by atoms with van der Waals surface area (Å²) in [6.07, 6.45) is 2.94. The van der Waals surface area contributed by atoms with Crippen LogP contribution in [0.4, 0.5) is 0 Å². The van der Waals surface area contributed by atoms with E-state index in [1.54, 1.807) is 0 Å². The zero-order valence-electron chi connectivity index (χ0n) is 17.2. The van der Waals surface area contributed by atoms with Crippen molar-refractivity contribution in [1.29, 1.82) is 0 Å². The van der Waals surface area contributed by atoms with E-state index in [2.05, 4.69) is 27.4 Å². The molecule has 0 unspecified atom stereocenters. The second-order valence-electron chi connectivity index (χ2n) is 10.2. The van der Waals surface area contributed by atoms with E-state index in [1.165, 1.54) is 6.92 Å². The van der Waals surface area contributed by atoms with E-state index >= 15 is 0 Å². The van der Waals surface area contributed by atoms with Crippen LogP contribution >= 0.6 is 0 Å². The topological polar surface area (TPSA) is 76.1 Å². The van der Waals surface area contributed by atoms with Gasteiger partial charge in [0, 0.05) is 24.2 Å². The number of esters is 1. The minimum Gasteiger partial charge on any atom is -0.462 e. The number of carbonyl (C=O) groups is 2. The second-order valence-corrected chi connectivity index (χ2v) is 10.2. The van der Waals surface area contributed by atoms with Crippen molar-refractivity contribution in [3.05, 3.63) is 12.2 Å². The van der Waals surface area contributed by atoms with Crippen LogP contribution in [0.2, 0.25) is 0 Å². The Morgan fingerprint density at radius 1 is 1.33 bits per heavy atom. The van der Waals surface area contributed by atoms with Crippen LogP contribution in [0.25, 0.3) is 0 Å². The summed E-state index contributed by atoms with van der Waals surface area (Å²) in [5, 5.41) is 12.0. The van der Waals surface area contributed by atoms with Crippen LogP contribution in [0.3, 0.4) is 0 Å². The molecule has 27 heavy (non-hydrogen) atoms. The van der Waals surface area contributed by atoms with E-state index in [0.29, 0.717) is 19.3 Å². The van der Waals surface area contributed by atoms with Gasteiger partial charge >= 0.3 is 5.97 Å². The van der Waals surface area contributed by atoms with Crippen LogP contribution in [-0.2, 0) is 19.1 Å². The van der Waals surface area contributed by atoms with Crippen LogP contribution in [0.15, 0.2) is 12.2 Å². The minimum absolute atomic E-state index is 0.0569. The number of Topliss-reactive ketones (excluding diaryl/α,β-unsaturated/α-hetero) is 1. The highest BCUT2D eigenvalue weighted by Crippen LogP contribution is 2.76. The van der Waals surface area contributed by atoms with Crippen molar-refractivity contribution in [3.8, 4) is 0 Å². The molecule has 1 heterocycles. The Balaban J connectivity index is 1.84. The molecular weight excluding hydrogens is 344 g/mol. The molecule has 0 amide bonds. The highest BCUT2D eigenvalue weighted by Gasteiger charge is 2.87. The molecule has 5 heteroatoms. The van der Waals surface area contributed by atoms with E-state index in [0.717, 1.165) is 18.4 Å². The number of ether oxygens (including phenoxy) is 2. The standard InChI is InChI=1S/C22H32O5/c1-13(2)21-10-9-18(5)12-20(25)14(3)7-8-17(26-15(4)23)19(20,6)11-16(24)22(18,21)27-21/h13,17,25H,3,7-12H2,1-2,4-6H3/t17-,18-,19-,20+,21+,22+/m1/s1. The molecule has 1 N–H and O–H groups in total. The zero-order valence-corrected chi connectivity index (χ0v) is 17.2. The number of epoxide rings is 1. The number of rotatable bonds is 2. The molecule has 4 aliphatic rings. The molecule has 0 radical (unpaired) electrons. The number of ketones is 1. The quantitative estimate of drug-likeness (QED) is 0.454. The lowest BCUT2D eigenvalue weighted by atomic mass is 9.56. The van der Waals surface area contributed by atoms with Crippen molar-refractivity contribution >= 4 is 11.8 Å². The first-order valence-electron chi connectivity index (χ1n) is 10.2. The monoisotopic (exact) mass is 376 g/mol. The third kappa shape index (κ3) is 1.97. The van der Waals surface area contributed by atoms with Gasteiger partial charge in [-0.2, -0.15) is 0 Å². The van der Waals surface area contributed by atoms with Gasteiger partial charge in [0.25, 0.3) is 0 Å². The van der Waals surface area contributed by atoms with Crippen LogP contribution in [0.5, 0.6) is 0 Å². The molecule has 3 aliphatic carbocycles. The zero-order chi connectivity index (χ0) is 20.0. The van der Waals surface area contributed by atoms with Gasteiger partial charge in [0.05, 0.1) is 5.60 Å². The van der Waals surface area contributed by atoms with Gasteiger partial charge in [-0.05, 0) is 43.6 Å². The Morgan fingerprint density at radius 2 is 2.00 bits per heavy atom. The van der Waals surface area contributed by atoms with E-state index in [4.69, 9.17) is 9.47 Å². The lowest BCUT2D eigenvalue weighted by Gasteiger charge is -2.53. The van der Waals surface area contributed by atoms with Crippen LogP contribution in [-0.4, -0.2) is 39.8 Å². The lowest BCUT2D eigenvalue weighted by Crippen LogP contribution is -2.59. The maximum Gasteiger partial charge on any atom is 0.302 e. The summed E-state index contributed by atoms with van der Waals surface area (Å²) in [4.78, 5) is 25.4.